The average Bonchev–Trinajstić information content (AvgIpc) is 2.53. The third-order valence-electron chi connectivity index (χ3n) is 1.62. The molecule has 5 heteroatoms. The lowest BCUT2D eigenvalue weighted by Gasteiger charge is -2.21. The molecule has 0 aromatic carbocycles. The number of esters is 1. The summed E-state index contributed by atoms with van der Waals surface area (Å²) in [4.78, 5) is 15.6. The molecular formula is C10H16N2O2S. The Kier molecular flexibility index (Phi) is 3.82. The van der Waals surface area contributed by atoms with Crippen molar-refractivity contribution in [3.05, 3.63) is 16.6 Å². The van der Waals surface area contributed by atoms with E-state index in [9.17, 15) is 4.79 Å². The molecule has 15 heavy (non-hydrogen) atoms. The first-order chi connectivity index (χ1) is 6.88. The summed E-state index contributed by atoms with van der Waals surface area (Å²) in [6.45, 7) is 5.46. The lowest BCUT2D eigenvalue weighted by atomic mass is 10.1. The Bertz CT molecular complexity index is 317. The largest absolute Gasteiger partial charge is 0.459 e. The van der Waals surface area contributed by atoms with Crippen LogP contribution in [0, 0.1) is 0 Å². The number of rotatable bonds is 3. The summed E-state index contributed by atoms with van der Waals surface area (Å²) >= 11 is 1.49. The molecule has 0 saturated heterocycles. The maximum absolute atomic E-state index is 11.5. The van der Waals surface area contributed by atoms with Crippen LogP contribution in [0.3, 0.4) is 0 Å². The second kappa shape index (κ2) is 4.72. The van der Waals surface area contributed by atoms with Gasteiger partial charge in [0.25, 0.3) is 0 Å². The van der Waals surface area contributed by atoms with Crippen LogP contribution in [0.15, 0.2) is 10.9 Å². The van der Waals surface area contributed by atoms with E-state index >= 15 is 0 Å². The van der Waals surface area contributed by atoms with Crippen molar-refractivity contribution in [3.8, 4) is 0 Å². The number of hydrogen-bond donors (Lipinski definition) is 1. The van der Waals surface area contributed by atoms with Gasteiger partial charge in [-0.3, -0.25) is 4.79 Å². The number of thiazole rings is 1. The fourth-order valence-electron chi connectivity index (χ4n) is 1.02. The third-order valence-corrected chi connectivity index (χ3v) is 2.26. The topological polar surface area (TPSA) is 65.2 Å². The smallest absolute Gasteiger partial charge is 0.323 e. The first kappa shape index (κ1) is 12.1. The van der Waals surface area contributed by atoms with Crippen LogP contribution >= 0.6 is 11.3 Å². The van der Waals surface area contributed by atoms with Crippen LogP contribution in [0.2, 0.25) is 0 Å². The molecule has 0 aliphatic rings. The van der Waals surface area contributed by atoms with Crippen molar-refractivity contribution in [2.75, 3.05) is 0 Å². The van der Waals surface area contributed by atoms with E-state index in [0.29, 0.717) is 6.42 Å². The molecule has 0 aliphatic carbocycles. The monoisotopic (exact) mass is 228 g/mol. The molecule has 0 bridgehead atoms. The quantitative estimate of drug-likeness (QED) is 0.793. The van der Waals surface area contributed by atoms with Crippen LogP contribution in [0.1, 0.15) is 26.5 Å². The molecule has 1 heterocycles. The van der Waals surface area contributed by atoms with Gasteiger partial charge in [0.2, 0.25) is 0 Å². The number of ether oxygens (including phenoxy) is 1. The zero-order valence-electron chi connectivity index (χ0n) is 9.19. The Labute approximate surface area is 93.5 Å². The molecule has 0 amide bonds. The molecule has 0 aliphatic heterocycles. The van der Waals surface area contributed by atoms with E-state index < -0.39 is 11.6 Å². The predicted molar refractivity (Wildman–Crippen MR) is 59.6 cm³/mol. The maximum atomic E-state index is 11.5. The van der Waals surface area contributed by atoms with Crippen LogP contribution in [0.4, 0.5) is 0 Å². The Hall–Kier alpha value is -0.940. The second-order valence-electron chi connectivity index (χ2n) is 4.32. The van der Waals surface area contributed by atoms with Gasteiger partial charge >= 0.3 is 5.97 Å². The van der Waals surface area contributed by atoms with Gasteiger partial charge in [-0.25, -0.2) is 4.98 Å². The number of nitrogens with zero attached hydrogens (tertiary/aromatic N) is 1. The molecule has 0 radical (unpaired) electrons. The van der Waals surface area contributed by atoms with Crippen molar-refractivity contribution in [1.29, 1.82) is 0 Å². The van der Waals surface area contributed by atoms with E-state index in [1.807, 2.05) is 26.2 Å². The molecule has 0 spiro atoms. The molecule has 1 atom stereocenters. The summed E-state index contributed by atoms with van der Waals surface area (Å²) in [6, 6.07) is -0.633. The Balaban J connectivity index is 2.47. The summed E-state index contributed by atoms with van der Waals surface area (Å²) in [7, 11) is 0. The van der Waals surface area contributed by atoms with Crippen molar-refractivity contribution >= 4 is 17.3 Å². The van der Waals surface area contributed by atoms with E-state index in [2.05, 4.69) is 4.98 Å². The van der Waals surface area contributed by atoms with Gasteiger partial charge in [0.15, 0.2) is 0 Å². The Morgan fingerprint density at radius 2 is 2.33 bits per heavy atom. The first-order valence-electron chi connectivity index (χ1n) is 4.74. The maximum Gasteiger partial charge on any atom is 0.323 e. The highest BCUT2D eigenvalue weighted by Gasteiger charge is 2.22. The lowest BCUT2D eigenvalue weighted by molar-refractivity contribution is -0.156. The Morgan fingerprint density at radius 3 is 2.80 bits per heavy atom. The molecule has 4 nitrogen and oxygen atoms in total. The number of aromatic nitrogens is 1. The standard InChI is InChI=1S/C10H16N2O2S/c1-10(2,3)14-9(13)8(11)4-7-5-15-6-12-7/h5-6,8H,4,11H2,1-3H3/t8-/m0/s1. The van der Waals surface area contributed by atoms with Gasteiger partial charge in [0.05, 0.1) is 11.2 Å². The minimum atomic E-state index is -0.633. The lowest BCUT2D eigenvalue weighted by Crippen LogP contribution is -2.38. The summed E-state index contributed by atoms with van der Waals surface area (Å²) in [5.74, 6) is -0.379. The molecule has 0 saturated carbocycles. The van der Waals surface area contributed by atoms with Crippen LogP contribution in [-0.4, -0.2) is 22.6 Å². The van der Waals surface area contributed by atoms with Crippen LogP contribution in [0.5, 0.6) is 0 Å². The predicted octanol–water partition coefficient (Wildman–Crippen LogP) is 1.35. The normalized spacial score (nSPS) is 13.6. The van der Waals surface area contributed by atoms with Gasteiger partial charge < -0.3 is 10.5 Å². The highest BCUT2D eigenvalue weighted by Crippen LogP contribution is 2.10. The van der Waals surface area contributed by atoms with Crippen molar-refractivity contribution < 1.29 is 9.53 Å². The summed E-state index contributed by atoms with van der Waals surface area (Å²) < 4.78 is 5.16. The van der Waals surface area contributed by atoms with Gasteiger partial charge in [-0.15, -0.1) is 11.3 Å². The second-order valence-corrected chi connectivity index (χ2v) is 5.04. The molecule has 0 unspecified atom stereocenters. The van der Waals surface area contributed by atoms with Gasteiger partial charge in [0.1, 0.15) is 11.6 Å². The van der Waals surface area contributed by atoms with E-state index in [4.69, 9.17) is 10.5 Å². The summed E-state index contributed by atoms with van der Waals surface area (Å²) in [5, 5.41) is 1.88. The van der Waals surface area contributed by atoms with Gasteiger partial charge in [0, 0.05) is 11.8 Å². The fraction of sp³-hybridized carbons (Fsp3) is 0.600. The van der Waals surface area contributed by atoms with E-state index in [-0.39, 0.29) is 5.97 Å². The number of nitrogens with two attached hydrogens (primary N) is 1. The molecule has 1 rings (SSSR count). The fourth-order valence-corrected chi connectivity index (χ4v) is 1.60. The molecule has 2 N–H and O–H groups in total. The van der Waals surface area contributed by atoms with E-state index in [0.717, 1.165) is 5.69 Å². The Morgan fingerprint density at radius 1 is 1.67 bits per heavy atom. The zero-order valence-corrected chi connectivity index (χ0v) is 10.0. The number of carbonyl (C=O) groups excluding carboxylic acids is 1. The minimum Gasteiger partial charge on any atom is -0.459 e. The summed E-state index contributed by atoms with van der Waals surface area (Å²) in [5.41, 5.74) is 7.77. The molecule has 0 fully saturated rings. The number of carbonyl (C=O) groups is 1. The molecule has 84 valence electrons. The summed E-state index contributed by atoms with van der Waals surface area (Å²) in [6.07, 6.45) is 0.429. The average molecular weight is 228 g/mol. The highest BCUT2D eigenvalue weighted by atomic mass is 32.1. The van der Waals surface area contributed by atoms with Gasteiger partial charge in [-0.2, -0.15) is 0 Å². The third kappa shape index (κ3) is 4.40. The highest BCUT2D eigenvalue weighted by molar-refractivity contribution is 7.07. The van der Waals surface area contributed by atoms with E-state index in [1.54, 1.807) is 5.51 Å². The molecular weight excluding hydrogens is 212 g/mol. The minimum absolute atomic E-state index is 0.379. The van der Waals surface area contributed by atoms with Crippen molar-refractivity contribution in [1.82, 2.24) is 4.98 Å². The number of hydrogen-bond acceptors (Lipinski definition) is 5. The van der Waals surface area contributed by atoms with Crippen LogP contribution < -0.4 is 5.73 Å². The van der Waals surface area contributed by atoms with Gasteiger partial charge in [-0.1, -0.05) is 0 Å². The first-order valence-corrected chi connectivity index (χ1v) is 5.68. The molecule has 1 aromatic heterocycles. The van der Waals surface area contributed by atoms with Crippen molar-refractivity contribution in [2.24, 2.45) is 5.73 Å². The molecule has 1 aromatic rings. The van der Waals surface area contributed by atoms with Crippen LogP contribution in [0.25, 0.3) is 0 Å². The van der Waals surface area contributed by atoms with E-state index in [1.165, 1.54) is 11.3 Å². The zero-order chi connectivity index (χ0) is 11.5. The van der Waals surface area contributed by atoms with Crippen molar-refractivity contribution in [2.45, 2.75) is 38.8 Å². The van der Waals surface area contributed by atoms with Gasteiger partial charge in [-0.05, 0) is 20.8 Å². The van der Waals surface area contributed by atoms with Crippen LogP contribution in [-0.2, 0) is 16.0 Å². The van der Waals surface area contributed by atoms with Crippen molar-refractivity contribution in [3.63, 3.8) is 0 Å². The SMILES string of the molecule is CC(C)(C)OC(=O)[C@@H](N)Cc1cscn1.